The lowest BCUT2D eigenvalue weighted by atomic mass is 10.1. The molecule has 3 rings (SSSR count). The van der Waals surface area contributed by atoms with Crippen molar-refractivity contribution in [2.24, 2.45) is 0 Å². The molecule has 2 aromatic rings. The summed E-state index contributed by atoms with van der Waals surface area (Å²) in [5.74, 6) is 1.28. The Morgan fingerprint density at radius 1 is 1.07 bits per heavy atom. The Morgan fingerprint density at radius 2 is 1.72 bits per heavy atom. The van der Waals surface area contributed by atoms with Crippen molar-refractivity contribution in [2.45, 2.75) is 6.92 Å². The van der Waals surface area contributed by atoms with Gasteiger partial charge in [-0.3, -0.25) is 14.5 Å². The highest BCUT2D eigenvalue weighted by atomic mass is 35.5. The van der Waals surface area contributed by atoms with Crippen LogP contribution in [0.4, 0.5) is 4.79 Å². The highest BCUT2D eigenvalue weighted by Crippen LogP contribution is 2.37. The summed E-state index contributed by atoms with van der Waals surface area (Å²) in [7, 11) is 3.02. The minimum atomic E-state index is -0.377. The summed E-state index contributed by atoms with van der Waals surface area (Å²) in [6, 6.07) is 10.8. The fourth-order valence-electron chi connectivity index (χ4n) is 2.70. The largest absolute Gasteiger partial charge is 0.493 e. The van der Waals surface area contributed by atoms with Crippen molar-refractivity contribution in [3.05, 3.63) is 57.5 Å². The topological polar surface area (TPSA) is 65.1 Å². The van der Waals surface area contributed by atoms with E-state index >= 15 is 0 Å². The van der Waals surface area contributed by atoms with Gasteiger partial charge in [-0.1, -0.05) is 29.3 Å². The lowest BCUT2D eigenvalue weighted by molar-refractivity contribution is -0.123. The van der Waals surface area contributed by atoms with E-state index in [0.29, 0.717) is 32.7 Å². The quantitative estimate of drug-likeness (QED) is 0.585. The van der Waals surface area contributed by atoms with E-state index in [-0.39, 0.29) is 24.3 Å². The number of ether oxygens (including phenoxy) is 3. The fraction of sp³-hybridized carbons (Fsp3) is 0.238. The number of carbonyl (C=O) groups excluding carboxylic acids is 2. The third-order valence-corrected chi connectivity index (χ3v) is 5.50. The zero-order valence-electron chi connectivity index (χ0n) is 16.2. The Kier molecular flexibility index (Phi) is 6.71. The Hall–Kier alpha value is -2.64. The first-order valence-electron chi connectivity index (χ1n) is 8.79. The van der Waals surface area contributed by atoms with Gasteiger partial charge in [0.2, 0.25) is 0 Å². The molecule has 0 atom stereocenters. The van der Waals surface area contributed by atoms with Crippen molar-refractivity contribution in [2.75, 3.05) is 27.4 Å². The predicted molar refractivity (Wildman–Crippen MR) is 114 cm³/mol. The average Bonchev–Trinajstić information content (AvgIpc) is 2.98. The molecule has 1 heterocycles. The van der Waals surface area contributed by atoms with Crippen molar-refractivity contribution in [3.63, 3.8) is 0 Å². The molecule has 8 heteroatoms. The molecule has 0 radical (unpaired) electrons. The van der Waals surface area contributed by atoms with E-state index in [1.165, 1.54) is 19.1 Å². The number of aryl methyl sites for hydroxylation is 1. The Labute approximate surface area is 178 Å². The monoisotopic (exact) mass is 433 g/mol. The number of thioether (sulfide) groups is 1. The second kappa shape index (κ2) is 9.24. The van der Waals surface area contributed by atoms with Gasteiger partial charge in [0, 0.05) is 6.07 Å². The average molecular weight is 434 g/mol. The van der Waals surface area contributed by atoms with Gasteiger partial charge in [0.1, 0.15) is 12.4 Å². The minimum absolute atomic E-state index is 0.162. The van der Waals surface area contributed by atoms with Gasteiger partial charge in [-0.15, -0.1) is 0 Å². The molecule has 1 fully saturated rings. The maximum Gasteiger partial charge on any atom is 0.293 e. The Balaban J connectivity index is 1.70. The van der Waals surface area contributed by atoms with Crippen LogP contribution in [0.3, 0.4) is 0 Å². The number of hydrogen-bond donors (Lipinski definition) is 0. The molecule has 0 saturated carbocycles. The zero-order chi connectivity index (χ0) is 21.0. The minimum Gasteiger partial charge on any atom is -0.493 e. The number of amides is 2. The van der Waals surface area contributed by atoms with Crippen LogP contribution in [0.15, 0.2) is 41.3 Å². The van der Waals surface area contributed by atoms with Crippen LogP contribution in [0, 0.1) is 6.92 Å². The van der Waals surface area contributed by atoms with Crippen LogP contribution in [-0.4, -0.2) is 43.4 Å². The number of benzene rings is 2. The van der Waals surface area contributed by atoms with Gasteiger partial charge in [0.05, 0.1) is 30.7 Å². The molecule has 0 bridgehead atoms. The van der Waals surface area contributed by atoms with Crippen LogP contribution in [0.1, 0.15) is 11.1 Å². The van der Waals surface area contributed by atoms with Crippen LogP contribution in [-0.2, 0) is 4.79 Å². The van der Waals surface area contributed by atoms with E-state index in [0.717, 1.165) is 17.3 Å². The third kappa shape index (κ3) is 4.86. The molecular weight excluding hydrogens is 414 g/mol. The van der Waals surface area contributed by atoms with E-state index in [1.807, 2.05) is 31.2 Å². The number of imide groups is 1. The Bertz CT molecular complexity index is 958. The molecule has 0 aliphatic carbocycles. The van der Waals surface area contributed by atoms with E-state index in [9.17, 15) is 9.59 Å². The van der Waals surface area contributed by atoms with Crippen molar-refractivity contribution in [1.29, 1.82) is 0 Å². The van der Waals surface area contributed by atoms with Crippen LogP contribution in [0.5, 0.6) is 17.2 Å². The highest BCUT2D eigenvalue weighted by Gasteiger charge is 2.35. The summed E-state index contributed by atoms with van der Waals surface area (Å²) < 4.78 is 16.1. The number of rotatable bonds is 7. The highest BCUT2D eigenvalue weighted by molar-refractivity contribution is 8.18. The molecule has 152 valence electrons. The van der Waals surface area contributed by atoms with Crippen LogP contribution < -0.4 is 14.2 Å². The van der Waals surface area contributed by atoms with Crippen LogP contribution in [0.2, 0.25) is 5.02 Å². The molecular formula is C21H20ClNO5S. The standard InChI is InChI=1S/C21H20ClNO5S/c1-13-4-6-15(7-5-13)28-9-8-23-20(24)19(29-21(23)25)11-14-10-17(26-2)18(27-3)12-16(14)22/h4-7,10-12H,8-9H2,1-3H3/b19-11-. The number of methoxy groups -OCH3 is 2. The SMILES string of the molecule is COc1cc(Cl)c(/C=C2\SC(=O)N(CCOc3ccc(C)cc3)C2=O)cc1OC. The zero-order valence-corrected chi connectivity index (χ0v) is 17.8. The second-order valence-electron chi connectivity index (χ2n) is 6.22. The van der Waals surface area contributed by atoms with Gasteiger partial charge in [0.15, 0.2) is 11.5 Å². The molecule has 1 saturated heterocycles. The molecule has 0 unspecified atom stereocenters. The first kappa shape index (κ1) is 21.1. The lowest BCUT2D eigenvalue weighted by Crippen LogP contribution is -2.32. The summed E-state index contributed by atoms with van der Waals surface area (Å²) in [4.78, 5) is 26.4. The molecule has 2 aromatic carbocycles. The molecule has 2 amide bonds. The van der Waals surface area contributed by atoms with Gasteiger partial charge in [-0.2, -0.15) is 0 Å². The van der Waals surface area contributed by atoms with Crippen molar-refractivity contribution in [1.82, 2.24) is 4.90 Å². The summed E-state index contributed by atoms with van der Waals surface area (Å²) >= 11 is 7.15. The van der Waals surface area contributed by atoms with Crippen molar-refractivity contribution in [3.8, 4) is 17.2 Å². The molecule has 0 spiro atoms. The summed E-state index contributed by atoms with van der Waals surface area (Å²) in [5, 5.41) is 0.0440. The van der Waals surface area contributed by atoms with E-state index in [4.69, 9.17) is 25.8 Å². The normalized spacial score (nSPS) is 15.2. The lowest BCUT2D eigenvalue weighted by Gasteiger charge is -2.13. The number of hydrogen-bond acceptors (Lipinski definition) is 6. The van der Waals surface area contributed by atoms with Crippen LogP contribution in [0.25, 0.3) is 6.08 Å². The van der Waals surface area contributed by atoms with Gasteiger partial charge in [-0.25, -0.2) is 0 Å². The summed E-state index contributed by atoms with van der Waals surface area (Å²) in [6.45, 7) is 2.36. The van der Waals surface area contributed by atoms with Crippen molar-refractivity contribution < 1.29 is 23.8 Å². The van der Waals surface area contributed by atoms with E-state index in [1.54, 1.807) is 18.2 Å². The van der Waals surface area contributed by atoms with Crippen molar-refractivity contribution >= 4 is 40.6 Å². The third-order valence-electron chi connectivity index (χ3n) is 4.27. The van der Waals surface area contributed by atoms with E-state index in [2.05, 4.69) is 0 Å². The molecule has 6 nitrogen and oxygen atoms in total. The van der Waals surface area contributed by atoms with Gasteiger partial charge in [-0.05, 0) is 48.5 Å². The Morgan fingerprint density at radius 3 is 2.38 bits per heavy atom. The molecule has 0 N–H and O–H groups in total. The molecule has 0 aromatic heterocycles. The second-order valence-corrected chi connectivity index (χ2v) is 7.62. The van der Waals surface area contributed by atoms with Gasteiger partial charge < -0.3 is 14.2 Å². The number of carbonyl (C=O) groups is 2. The number of nitrogens with zero attached hydrogens (tertiary/aromatic N) is 1. The summed E-state index contributed by atoms with van der Waals surface area (Å²) in [5.41, 5.74) is 1.69. The fourth-order valence-corrected chi connectivity index (χ4v) is 3.77. The molecule has 1 aliphatic heterocycles. The van der Waals surface area contributed by atoms with Gasteiger partial charge >= 0.3 is 0 Å². The van der Waals surface area contributed by atoms with Crippen LogP contribution >= 0.6 is 23.4 Å². The maximum absolute atomic E-state index is 12.7. The maximum atomic E-state index is 12.7. The number of halogens is 1. The first-order chi connectivity index (χ1) is 13.9. The summed E-state index contributed by atoms with van der Waals surface area (Å²) in [6.07, 6.45) is 1.58. The first-order valence-corrected chi connectivity index (χ1v) is 9.98. The molecule has 29 heavy (non-hydrogen) atoms. The molecule has 1 aliphatic rings. The van der Waals surface area contributed by atoms with Gasteiger partial charge in [0.25, 0.3) is 11.1 Å². The smallest absolute Gasteiger partial charge is 0.293 e. The van der Waals surface area contributed by atoms with E-state index < -0.39 is 0 Å². The predicted octanol–water partition coefficient (Wildman–Crippen LogP) is 4.78.